The van der Waals surface area contributed by atoms with E-state index >= 15 is 0 Å². The molecule has 0 bridgehead atoms. The number of fused-ring (bicyclic) bond motifs is 1. The summed E-state index contributed by atoms with van der Waals surface area (Å²) in [7, 11) is 0. The minimum absolute atomic E-state index is 0.799. The molecule has 0 N–H and O–H groups in total. The number of allylic oxidation sites excluding steroid dienone is 1. The van der Waals surface area contributed by atoms with Gasteiger partial charge in [-0.3, -0.25) is 0 Å². The first-order valence-corrected chi connectivity index (χ1v) is 8.12. The summed E-state index contributed by atoms with van der Waals surface area (Å²) >= 11 is 0. The van der Waals surface area contributed by atoms with Gasteiger partial charge in [0.1, 0.15) is 0 Å². The fourth-order valence-electron chi connectivity index (χ4n) is 3.93. The Balaban J connectivity index is 1.74. The van der Waals surface area contributed by atoms with Gasteiger partial charge < -0.3 is 0 Å². The standard InChI is InChI=1S/C19H26/c1-15(16-8-3-2-4-9-16)14-18-12-7-11-17-10-5-6-13-19(17)18/h7,11-12,16H,1-6,8-10,13-14H2. The predicted molar refractivity (Wildman–Crippen MR) is 82.5 cm³/mol. The largest absolute Gasteiger partial charge is 0.0992 e. The second-order valence-electron chi connectivity index (χ2n) is 6.43. The van der Waals surface area contributed by atoms with Crippen molar-refractivity contribution in [2.24, 2.45) is 5.92 Å². The molecular formula is C19H26. The van der Waals surface area contributed by atoms with E-state index in [1.807, 2.05) is 0 Å². The zero-order valence-corrected chi connectivity index (χ0v) is 12.1. The van der Waals surface area contributed by atoms with Crippen LogP contribution in [0.2, 0.25) is 0 Å². The van der Waals surface area contributed by atoms with Gasteiger partial charge >= 0.3 is 0 Å². The van der Waals surface area contributed by atoms with Gasteiger partial charge in [-0.05, 0) is 67.6 Å². The Labute approximate surface area is 117 Å². The van der Waals surface area contributed by atoms with Crippen LogP contribution in [0.25, 0.3) is 0 Å². The van der Waals surface area contributed by atoms with Crippen molar-refractivity contribution in [3.05, 3.63) is 47.0 Å². The molecule has 0 saturated heterocycles. The summed E-state index contributed by atoms with van der Waals surface area (Å²) in [6.45, 7) is 4.42. The molecule has 2 aliphatic carbocycles. The third kappa shape index (κ3) is 2.94. The summed E-state index contributed by atoms with van der Waals surface area (Å²) in [5.74, 6) is 0.799. The normalized spacial score (nSPS) is 20.0. The van der Waals surface area contributed by atoms with Crippen molar-refractivity contribution in [2.75, 3.05) is 0 Å². The lowest BCUT2D eigenvalue weighted by Crippen LogP contribution is -2.12. The highest BCUT2D eigenvalue weighted by atomic mass is 14.2. The molecule has 102 valence electrons. The van der Waals surface area contributed by atoms with Gasteiger partial charge in [-0.15, -0.1) is 0 Å². The van der Waals surface area contributed by atoms with Crippen molar-refractivity contribution >= 4 is 0 Å². The van der Waals surface area contributed by atoms with Gasteiger partial charge in [-0.25, -0.2) is 0 Å². The van der Waals surface area contributed by atoms with Crippen LogP contribution in [0, 0.1) is 5.92 Å². The highest BCUT2D eigenvalue weighted by molar-refractivity contribution is 5.39. The van der Waals surface area contributed by atoms with Crippen LogP contribution in [0.4, 0.5) is 0 Å². The molecular weight excluding hydrogens is 228 g/mol. The second-order valence-corrected chi connectivity index (χ2v) is 6.43. The van der Waals surface area contributed by atoms with Crippen molar-refractivity contribution in [1.82, 2.24) is 0 Å². The van der Waals surface area contributed by atoms with E-state index in [9.17, 15) is 0 Å². The predicted octanol–water partition coefficient (Wildman–Crippen LogP) is 5.24. The lowest BCUT2D eigenvalue weighted by molar-refractivity contribution is 0.399. The molecule has 1 aromatic rings. The average Bonchev–Trinajstić information content (AvgIpc) is 2.48. The molecule has 3 rings (SSSR count). The molecule has 0 amide bonds. The van der Waals surface area contributed by atoms with Gasteiger partial charge in [0, 0.05) is 0 Å². The van der Waals surface area contributed by atoms with E-state index in [0.29, 0.717) is 0 Å². The van der Waals surface area contributed by atoms with Crippen LogP contribution in [0.15, 0.2) is 30.4 Å². The average molecular weight is 254 g/mol. The summed E-state index contributed by atoms with van der Waals surface area (Å²) in [6.07, 6.45) is 13.5. The Hall–Kier alpha value is -1.04. The minimum Gasteiger partial charge on any atom is -0.0992 e. The van der Waals surface area contributed by atoms with Crippen molar-refractivity contribution in [1.29, 1.82) is 0 Å². The fraction of sp³-hybridized carbons (Fsp3) is 0.579. The smallest absolute Gasteiger partial charge is 0.00642 e. The quantitative estimate of drug-likeness (QED) is 0.647. The molecule has 0 aliphatic heterocycles. The van der Waals surface area contributed by atoms with Crippen LogP contribution in [0.1, 0.15) is 61.6 Å². The third-order valence-corrected chi connectivity index (χ3v) is 5.09. The van der Waals surface area contributed by atoms with E-state index < -0.39 is 0 Å². The molecule has 19 heavy (non-hydrogen) atoms. The number of benzene rings is 1. The summed E-state index contributed by atoms with van der Waals surface area (Å²) in [6, 6.07) is 6.94. The Morgan fingerprint density at radius 1 is 1.00 bits per heavy atom. The van der Waals surface area contributed by atoms with Gasteiger partial charge in [-0.2, -0.15) is 0 Å². The van der Waals surface area contributed by atoms with Gasteiger partial charge in [0.2, 0.25) is 0 Å². The van der Waals surface area contributed by atoms with Crippen LogP contribution in [0.3, 0.4) is 0 Å². The van der Waals surface area contributed by atoms with Crippen LogP contribution in [-0.4, -0.2) is 0 Å². The molecule has 1 saturated carbocycles. The second kappa shape index (κ2) is 5.94. The van der Waals surface area contributed by atoms with Gasteiger partial charge in [-0.1, -0.05) is 49.6 Å². The molecule has 0 heteroatoms. The molecule has 0 atom stereocenters. The molecule has 0 spiro atoms. The summed E-state index contributed by atoms with van der Waals surface area (Å²) in [4.78, 5) is 0. The topological polar surface area (TPSA) is 0 Å². The third-order valence-electron chi connectivity index (χ3n) is 5.09. The van der Waals surface area contributed by atoms with Crippen molar-refractivity contribution in [3.8, 4) is 0 Å². The van der Waals surface area contributed by atoms with Crippen LogP contribution < -0.4 is 0 Å². The first kappa shape index (κ1) is 13.0. The zero-order valence-electron chi connectivity index (χ0n) is 12.1. The van der Waals surface area contributed by atoms with Crippen LogP contribution >= 0.6 is 0 Å². The lowest BCUT2D eigenvalue weighted by atomic mass is 9.80. The first-order chi connectivity index (χ1) is 9.34. The Bertz CT molecular complexity index is 449. The van der Waals surface area contributed by atoms with E-state index in [4.69, 9.17) is 0 Å². The highest BCUT2D eigenvalue weighted by Gasteiger charge is 2.19. The van der Waals surface area contributed by atoms with Crippen LogP contribution in [-0.2, 0) is 19.3 Å². The van der Waals surface area contributed by atoms with E-state index in [0.717, 1.165) is 12.3 Å². The van der Waals surface area contributed by atoms with Gasteiger partial charge in [0.15, 0.2) is 0 Å². The molecule has 0 nitrogen and oxygen atoms in total. The molecule has 0 aromatic heterocycles. The maximum Gasteiger partial charge on any atom is -0.00642 e. The summed E-state index contributed by atoms with van der Waals surface area (Å²) < 4.78 is 0. The molecule has 1 fully saturated rings. The van der Waals surface area contributed by atoms with Crippen LogP contribution in [0.5, 0.6) is 0 Å². The van der Waals surface area contributed by atoms with Crippen molar-refractivity contribution in [2.45, 2.75) is 64.2 Å². The molecule has 0 heterocycles. The number of aryl methyl sites for hydroxylation is 1. The van der Waals surface area contributed by atoms with Gasteiger partial charge in [0.25, 0.3) is 0 Å². The Morgan fingerprint density at radius 3 is 2.63 bits per heavy atom. The summed E-state index contributed by atoms with van der Waals surface area (Å²) in [5, 5.41) is 0. The number of hydrogen-bond acceptors (Lipinski definition) is 0. The zero-order chi connectivity index (χ0) is 13.1. The van der Waals surface area contributed by atoms with E-state index in [1.54, 1.807) is 16.7 Å². The number of hydrogen-bond donors (Lipinski definition) is 0. The molecule has 0 radical (unpaired) electrons. The maximum atomic E-state index is 4.42. The van der Waals surface area contributed by atoms with Gasteiger partial charge in [0.05, 0.1) is 0 Å². The monoisotopic (exact) mass is 254 g/mol. The first-order valence-electron chi connectivity index (χ1n) is 8.12. The molecule has 1 aromatic carbocycles. The van der Waals surface area contributed by atoms with E-state index in [1.165, 1.54) is 63.4 Å². The lowest BCUT2D eigenvalue weighted by Gasteiger charge is -2.25. The SMILES string of the molecule is C=C(Cc1cccc2c1CCCC2)C1CCCCC1. The van der Waals surface area contributed by atoms with Crippen molar-refractivity contribution < 1.29 is 0 Å². The molecule has 2 aliphatic rings. The van der Waals surface area contributed by atoms with Crippen molar-refractivity contribution in [3.63, 3.8) is 0 Å². The summed E-state index contributed by atoms with van der Waals surface area (Å²) in [5.41, 5.74) is 6.34. The minimum atomic E-state index is 0.799. The Morgan fingerprint density at radius 2 is 1.79 bits per heavy atom. The molecule has 0 unspecified atom stereocenters. The fourth-order valence-corrected chi connectivity index (χ4v) is 3.93. The number of rotatable bonds is 3. The van der Waals surface area contributed by atoms with E-state index in [2.05, 4.69) is 24.8 Å². The maximum absolute atomic E-state index is 4.42. The Kier molecular flexibility index (Phi) is 4.06. The van der Waals surface area contributed by atoms with E-state index in [-0.39, 0.29) is 0 Å². The highest BCUT2D eigenvalue weighted by Crippen LogP contribution is 2.32.